The van der Waals surface area contributed by atoms with Crippen LogP contribution < -0.4 is 10.6 Å². The predicted octanol–water partition coefficient (Wildman–Crippen LogP) is 3.82. The molecule has 0 fully saturated rings. The van der Waals surface area contributed by atoms with Gasteiger partial charge in [-0.15, -0.1) is 10.2 Å². The largest absolute Gasteiger partial charge is 0.465 e. The van der Waals surface area contributed by atoms with Crippen molar-refractivity contribution in [3.05, 3.63) is 77.5 Å². The summed E-state index contributed by atoms with van der Waals surface area (Å²) in [5.41, 5.74) is 3.12. The Morgan fingerprint density at radius 1 is 0.964 bits per heavy atom. The third-order valence-corrected chi connectivity index (χ3v) is 4.07. The summed E-state index contributed by atoms with van der Waals surface area (Å²) in [4.78, 5) is 23.9. The fraction of sp³-hybridized carbons (Fsp3) is 0.143. The minimum atomic E-state index is -0.474. The maximum atomic E-state index is 12.4. The monoisotopic (exact) mass is 376 g/mol. The van der Waals surface area contributed by atoms with Gasteiger partial charge in [-0.2, -0.15) is 0 Å². The van der Waals surface area contributed by atoms with Gasteiger partial charge in [-0.25, -0.2) is 4.79 Å². The molecule has 0 aliphatic rings. The van der Waals surface area contributed by atoms with E-state index >= 15 is 0 Å². The molecule has 1 aromatic heterocycles. The maximum absolute atomic E-state index is 12.4. The Bertz CT molecular complexity index is 970. The van der Waals surface area contributed by atoms with Crippen LogP contribution in [0.3, 0.4) is 0 Å². The summed E-state index contributed by atoms with van der Waals surface area (Å²) in [6.07, 6.45) is 0.979. The van der Waals surface area contributed by atoms with Crippen molar-refractivity contribution in [3.8, 4) is 0 Å². The van der Waals surface area contributed by atoms with Crippen molar-refractivity contribution in [2.45, 2.75) is 13.3 Å². The quantitative estimate of drug-likeness (QED) is 0.635. The number of amides is 1. The molecule has 0 atom stereocenters. The SMILES string of the molecule is CCc1ccc(Nc2ccc(C(=O)Nc3cccc(C(=O)OC)c3)nn2)cc1. The van der Waals surface area contributed by atoms with Gasteiger partial charge >= 0.3 is 5.97 Å². The Morgan fingerprint density at radius 3 is 2.39 bits per heavy atom. The van der Waals surface area contributed by atoms with E-state index in [4.69, 9.17) is 0 Å². The van der Waals surface area contributed by atoms with Crippen molar-refractivity contribution in [1.82, 2.24) is 10.2 Å². The number of benzene rings is 2. The summed E-state index contributed by atoms with van der Waals surface area (Å²) in [6, 6.07) is 17.8. The van der Waals surface area contributed by atoms with Crippen molar-refractivity contribution >= 4 is 29.1 Å². The van der Waals surface area contributed by atoms with Gasteiger partial charge in [0.2, 0.25) is 0 Å². The second-order valence-electron chi connectivity index (χ2n) is 6.01. The molecule has 28 heavy (non-hydrogen) atoms. The molecule has 0 saturated heterocycles. The number of aromatic nitrogens is 2. The van der Waals surface area contributed by atoms with Crippen LogP contribution in [0.2, 0.25) is 0 Å². The van der Waals surface area contributed by atoms with Crippen LogP contribution in [0.5, 0.6) is 0 Å². The summed E-state index contributed by atoms with van der Waals surface area (Å²) < 4.78 is 4.67. The highest BCUT2D eigenvalue weighted by atomic mass is 16.5. The van der Waals surface area contributed by atoms with Gasteiger partial charge in [0.25, 0.3) is 5.91 Å². The van der Waals surface area contributed by atoms with Crippen LogP contribution in [0.25, 0.3) is 0 Å². The molecule has 0 unspecified atom stereocenters. The van der Waals surface area contributed by atoms with Crippen molar-refractivity contribution in [3.63, 3.8) is 0 Å². The number of nitrogens with one attached hydrogen (secondary N) is 2. The number of nitrogens with zero attached hydrogens (tertiary/aromatic N) is 2. The standard InChI is InChI=1S/C21H20N4O3/c1-3-14-7-9-16(10-8-14)22-19-12-11-18(24-25-19)20(26)23-17-6-4-5-15(13-17)21(27)28-2/h4-13H,3H2,1-2H3,(H,22,25)(H,23,26). The van der Waals surface area contributed by atoms with E-state index in [1.165, 1.54) is 18.7 Å². The third-order valence-electron chi connectivity index (χ3n) is 4.07. The highest BCUT2D eigenvalue weighted by Gasteiger charge is 2.11. The van der Waals surface area contributed by atoms with Crippen LogP contribution in [0.1, 0.15) is 33.3 Å². The number of carbonyl (C=O) groups excluding carboxylic acids is 2. The molecule has 1 heterocycles. The molecule has 3 rings (SSSR count). The zero-order valence-electron chi connectivity index (χ0n) is 15.6. The smallest absolute Gasteiger partial charge is 0.337 e. The van der Waals surface area contributed by atoms with Gasteiger partial charge in [0.05, 0.1) is 12.7 Å². The molecule has 2 N–H and O–H groups in total. The third kappa shape index (κ3) is 4.70. The molecule has 1 amide bonds. The zero-order valence-corrected chi connectivity index (χ0v) is 15.6. The lowest BCUT2D eigenvalue weighted by molar-refractivity contribution is 0.0600. The average molecular weight is 376 g/mol. The Hall–Kier alpha value is -3.74. The molecule has 3 aromatic rings. The molecular formula is C21H20N4O3. The Morgan fingerprint density at radius 2 is 1.75 bits per heavy atom. The molecule has 2 aromatic carbocycles. The lowest BCUT2D eigenvalue weighted by Crippen LogP contribution is -2.15. The highest BCUT2D eigenvalue weighted by molar-refractivity contribution is 6.03. The molecular weight excluding hydrogens is 356 g/mol. The first kappa shape index (κ1) is 19.0. The minimum absolute atomic E-state index is 0.162. The van der Waals surface area contributed by atoms with Crippen LogP contribution in [0.15, 0.2) is 60.7 Å². The van der Waals surface area contributed by atoms with Crippen molar-refractivity contribution < 1.29 is 14.3 Å². The van der Waals surface area contributed by atoms with E-state index in [9.17, 15) is 9.59 Å². The number of aryl methyl sites for hydroxylation is 1. The molecule has 0 bridgehead atoms. The number of carbonyl (C=O) groups is 2. The van der Waals surface area contributed by atoms with E-state index in [1.807, 2.05) is 24.3 Å². The number of methoxy groups -OCH3 is 1. The molecule has 142 valence electrons. The lowest BCUT2D eigenvalue weighted by atomic mass is 10.1. The maximum Gasteiger partial charge on any atom is 0.337 e. The number of hydrogen-bond donors (Lipinski definition) is 2. The number of esters is 1. The average Bonchev–Trinajstić information content (AvgIpc) is 2.74. The minimum Gasteiger partial charge on any atom is -0.465 e. The van der Waals surface area contributed by atoms with Crippen molar-refractivity contribution in [1.29, 1.82) is 0 Å². The fourth-order valence-electron chi connectivity index (χ4n) is 2.53. The first-order chi connectivity index (χ1) is 13.6. The van der Waals surface area contributed by atoms with E-state index in [-0.39, 0.29) is 5.69 Å². The van der Waals surface area contributed by atoms with Crippen molar-refractivity contribution in [2.24, 2.45) is 0 Å². The van der Waals surface area contributed by atoms with Crippen LogP contribution in [-0.2, 0) is 11.2 Å². The Balaban J connectivity index is 1.65. The Kier molecular flexibility index (Phi) is 5.96. The number of ether oxygens (including phenoxy) is 1. The first-order valence-electron chi connectivity index (χ1n) is 8.78. The van der Waals surface area contributed by atoms with Gasteiger partial charge in [0.1, 0.15) is 0 Å². The second kappa shape index (κ2) is 8.77. The highest BCUT2D eigenvalue weighted by Crippen LogP contribution is 2.16. The van der Waals surface area contributed by atoms with E-state index in [1.54, 1.807) is 30.3 Å². The van der Waals surface area contributed by atoms with Crippen LogP contribution in [0.4, 0.5) is 17.2 Å². The van der Waals surface area contributed by atoms with Crippen LogP contribution >= 0.6 is 0 Å². The molecule has 0 saturated carbocycles. The summed E-state index contributed by atoms with van der Waals surface area (Å²) in [6.45, 7) is 2.10. The number of rotatable bonds is 6. The molecule has 7 nitrogen and oxygen atoms in total. The molecule has 7 heteroatoms. The predicted molar refractivity (Wildman–Crippen MR) is 107 cm³/mol. The molecule has 0 spiro atoms. The van der Waals surface area contributed by atoms with E-state index < -0.39 is 11.9 Å². The van der Waals surface area contributed by atoms with Crippen molar-refractivity contribution in [2.75, 3.05) is 17.7 Å². The van der Waals surface area contributed by atoms with Gasteiger partial charge in [-0.3, -0.25) is 4.79 Å². The zero-order chi connectivity index (χ0) is 19.9. The van der Waals surface area contributed by atoms with Crippen LogP contribution in [-0.4, -0.2) is 29.2 Å². The lowest BCUT2D eigenvalue weighted by Gasteiger charge is -2.08. The summed E-state index contributed by atoms with van der Waals surface area (Å²) in [5, 5.41) is 13.8. The van der Waals surface area contributed by atoms with E-state index in [2.05, 4.69) is 32.5 Å². The first-order valence-corrected chi connectivity index (χ1v) is 8.78. The summed E-state index contributed by atoms with van der Waals surface area (Å²) in [7, 11) is 1.30. The van der Waals surface area contributed by atoms with Gasteiger partial charge in [-0.05, 0) is 54.4 Å². The number of hydrogen-bond acceptors (Lipinski definition) is 6. The molecule has 0 aliphatic heterocycles. The Labute approximate surface area is 162 Å². The van der Waals surface area contributed by atoms with E-state index in [0.29, 0.717) is 17.1 Å². The number of anilines is 3. The normalized spacial score (nSPS) is 10.2. The summed E-state index contributed by atoms with van der Waals surface area (Å²) >= 11 is 0. The molecule has 0 aliphatic carbocycles. The summed E-state index contributed by atoms with van der Waals surface area (Å²) in [5.74, 6) is -0.361. The topological polar surface area (TPSA) is 93.2 Å². The van der Waals surface area contributed by atoms with Crippen LogP contribution in [0, 0.1) is 0 Å². The second-order valence-corrected chi connectivity index (χ2v) is 6.01. The van der Waals surface area contributed by atoms with Gasteiger partial charge in [0.15, 0.2) is 11.5 Å². The van der Waals surface area contributed by atoms with E-state index in [0.717, 1.165) is 12.1 Å². The van der Waals surface area contributed by atoms with Gasteiger partial charge in [0, 0.05) is 11.4 Å². The van der Waals surface area contributed by atoms with Gasteiger partial charge in [-0.1, -0.05) is 25.1 Å². The fourth-order valence-corrected chi connectivity index (χ4v) is 2.53. The van der Waals surface area contributed by atoms with Gasteiger partial charge < -0.3 is 15.4 Å². The molecule has 0 radical (unpaired) electrons.